The smallest absolute Gasteiger partial charge is 0.410 e. The molecular weight excluding hydrogens is 360 g/mol. The van der Waals surface area contributed by atoms with Crippen LogP contribution >= 0.6 is 12.6 Å². The number of amides is 1. The molecule has 0 atom stereocenters. The molecule has 1 aromatic carbocycles. The first-order valence-corrected chi connectivity index (χ1v) is 10.2. The van der Waals surface area contributed by atoms with Gasteiger partial charge in [0.05, 0.1) is 0 Å². The van der Waals surface area contributed by atoms with Crippen LogP contribution in [0.15, 0.2) is 23.1 Å². The second-order valence-electron chi connectivity index (χ2n) is 8.34. The van der Waals surface area contributed by atoms with Crippen LogP contribution in [0.25, 0.3) is 0 Å². The second-order valence-corrected chi connectivity index (χ2v) is 8.85. The molecule has 0 aliphatic carbocycles. The van der Waals surface area contributed by atoms with Crippen molar-refractivity contribution in [1.82, 2.24) is 15.1 Å². The Morgan fingerprint density at radius 2 is 1.74 bits per heavy atom. The molecular formula is C20H32N4O2S. The predicted molar refractivity (Wildman–Crippen MR) is 112 cm³/mol. The SMILES string of the molecule is CC(C)(C)OC(=O)N1CCN(c2cc(S)cc(CN3CCNCC3)c2)CC1. The lowest BCUT2D eigenvalue weighted by Crippen LogP contribution is -2.50. The number of ether oxygens (including phenoxy) is 1. The number of hydrogen-bond donors (Lipinski definition) is 2. The van der Waals surface area contributed by atoms with Crippen molar-refractivity contribution < 1.29 is 9.53 Å². The molecule has 2 saturated heterocycles. The van der Waals surface area contributed by atoms with Crippen molar-refractivity contribution in [2.45, 2.75) is 37.8 Å². The van der Waals surface area contributed by atoms with Crippen LogP contribution in [0, 0.1) is 0 Å². The Kier molecular flexibility index (Phi) is 6.55. The van der Waals surface area contributed by atoms with Crippen molar-refractivity contribution in [3.8, 4) is 0 Å². The van der Waals surface area contributed by atoms with Gasteiger partial charge < -0.3 is 19.9 Å². The standard InChI is InChI=1S/C20H32N4O2S/c1-20(2,3)26-19(25)24-10-8-23(9-11-24)17-12-16(13-18(27)14-17)15-22-6-4-21-5-7-22/h12-14,21,27H,4-11,15H2,1-3H3. The van der Waals surface area contributed by atoms with E-state index in [1.807, 2.05) is 20.8 Å². The van der Waals surface area contributed by atoms with Crippen molar-refractivity contribution in [3.63, 3.8) is 0 Å². The molecule has 0 unspecified atom stereocenters. The summed E-state index contributed by atoms with van der Waals surface area (Å²) < 4.78 is 5.49. The molecule has 6 nitrogen and oxygen atoms in total. The van der Waals surface area contributed by atoms with Gasteiger partial charge >= 0.3 is 6.09 Å². The monoisotopic (exact) mass is 392 g/mol. The minimum Gasteiger partial charge on any atom is -0.444 e. The quantitative estimate of drug-likeness (QED) is 0.774. The lowest BCUT2D eigenvalue weighted by Gasteiger charge is -2.37. The van der Waals surface area contributed by atoms with E-state index < -0.39 is 5.60 Å². The highest BCUT2D eigenvalue weighted by Gasteiger charge is 2.26. The minimum atomic E-state index is -0.451. The summed E-state index contributed by atoms with van der Waals surface area (Å²) in [4.78, 5) is 19.9. The van der Waals surface area contributed by atoms with Crippen LogP contribution in [-0.2, 0) is 11.3 Å². The average molecular weight is 393 g/mol. The first kappa shape index (κ1) is 20.3. The van der Waals surface area contributed by atoms with Gasteiger partial charge in [-0.2, -0.15) is 0 Å². The molecule has 0 radical (unpaired) electrons. The van der Waals surface area contributed by atoms with Crippen LogP contribution in [0.2, 0.25) is 0 Å². The van der Waals surface area contributed by atoms with Crippen molar-refractivity contribution in [2.24, 2.45) is 0 Å². The molecule has 7 heteroatoms. The third kappa shape index (κ3) is 6.02. The van der Waals surface area contributed by atoms with Crippen molar-refractivity contribution in [3.05, 3.63) is 23.8 Å². The molecule has 1 N–H and O–H groups in total. The highest BCUT2D eigenvalue weighted by atomic mass is 32.1. The number of piperazine rings is 2. The lowest BCUT2D eigenvalue weighted by molar-refractivity contribution is 0.0240. The van der Waals surface area contributed by atoms with Crippen LogP contribution in [0.1, 0.15) is 26.3 Å². The minimum absolute atomic E-state index is 0.218. The van der Waals surface area contributed by atoms with Gasteiger partial charge in [0, 0.05) is 69.5 Å². The van der Waals surface area contributed by atoms with Gasteiger partial charge in [-0.15, -0.1) is 12.6 Å². The summed E-state index contributed by atoms with van der Waals surface area (Å²) in [6.07, 6.45) is -0.218. The number of benzene rings is 1. The molecule has 0 aromatic heterocycles. The molecule has 2 heterocycles. The Morgan fingerprint density at radius 3 is 2.37 bits per heavy atom. The number of anilines is 1. The molecule has 2 aliphatic rings. The summed E-state index contributed by atoms with van der Waals surface area (Å²) >= 11 is 4.62. The number of thiol groups is 1. The summed E-state index contributed by atoms with van der Waals surface area (Å²) in [5, 5.41) is 3.39. The van der Waals surface area contributed by atoms with Crippen LogP contribution in [0.3, 0.4) is 0 Å². The van der Waals surface area contributed by atoms with E-state index in [0.717, 1.165) is 50.7 Å². The zero-order valence-corrected chi connectivity index (χ0v) is 17.6. The summed E-state index contributed by atoms with van der Waals surface area (Å²) in [5.74, 6) is 0. The number of nitrogens with zero attached hydrogens (tertiary/aromatic N) is 3. The molecule has 1 amide bonds. The molecule has 3 rings (SSSR count). The van der Waals surface area contributed by atoms with Crippen LogP contribution < -0.4 is 10.2 Å². The molecule has 1 aromatic rings. The fraction of sp³-hybridized carbons (Fsp3) is 0.650. The van der Waals surface area contributed by atoms with E-state index in [-0.39, 0.29) is 6.09 Å². The van der Waals surface area contributed by atoms with E-state index in [1.54, 1.807) is 4.90 Å². The van der Waals surface area contributed by atoms with Gasteiger partial charge in [-0.1, -0.05) is 0 Å². The second kappa shape index (κ2) is 8.71. The summed E-state index contributed by atoms with van der Waals surface area (Å²) in [5.41, 5.74) is 2.04. The van der Waals surface area contributed by atoms with Crippen LogP contribution in [0.5, 0.6) is 0 Å². The Bertz CT molecular complexity index is 648. The van der Waals surface area contributed by atoms with Crippen molar-refractivity contribution in [1.29, 1.82) is 0 Å². The number of rotatable bonds is 3. The van der Waals surface area contributed by atoms with E-state index >= 15 is 0 Å². The largest absolute Gasteiger partial charge is 0.444 e. The zero-order valence-electron chi connectivity index (χ0n) is 16.7. The van der Waals surface area contributed by atoms with E-state index in [9.17, 15) is 4.79 Å². The summed E-state index contributed by atoms with van der Waals surface area (Å²) in [7, 11) is 0. The van der Waals surface area contributed by atoms with E-state index in [1.165, 1.54) is 11.3 Å². The third-order valence-electron chi connectivity index (χ3n) is 4.87. The Labute approximate surface area is 168 Å². The molecule has 27 heavy (non-hydrogen) atoms. The number of carbonyl (C=O) groups excluding carboxylic acids is 1. The van der Waals surface area contributed by atoms with Crippen LogP contribution in [-0.4, -0.2) is 73.9 Å². The number of carbonyl (C=O) groups is 1. The lowest BCUT2D eigenvalue weighted by atomic mass is 10.1. The molecule has 0 spiro atoms. The molecule has 2 aliphatic heterocycles. The Balaban J connectivity index is 1.59. The van der Waals surface area contributed by atoms with E-state index in [4.69, 9.17) is 4.74 Å². The Hall–Kier alpha value is -1.44. The Morgan fingerprint density at radius 1 is 1.07 bits per heavy atom. The van der Waals surface area contributed by atoms with Gasteiger partial charge in [-0.3, -0.25) is 4.90 Å². The van der Waals surface area contributed by atoms with Crippen LogP contribution in [0.4, 0.5) is 10.5 Å². The molecule has 0 bridgehead atoms. The van der Waals surface area contributed by atoms with Gasteiger partial charge in [0.15, 0.2) is 0 Å². The highest BCUT2D eigenvalue weighted by Crippen LogP contribution is 2.24. The normalized spacial score (nSPS) is 19.3. The fourth-order valence-electron chi connectivity index (χ4n) is 3.53. The third-order valence-corrected chi connectivity index (χ3v) is 5.13. The van der Waals surface area contributed by atoms with Gasteiger partial charge in [-0.05, 0) is 44.5 Å². The summed E-state index contributed by atoms with van der Waals surface area (Å²) in [6, 6.07) is 6.55. The first-order valence-electron chi connectivity index (χ1n) is 9.79. The maximum atomic E-state index is 12.2. The summed E-state index contributed by atoms with van der Waals surface area (Å²) in [6.45, 7) is 13.9. The molecule has 2 fully saturated rings. The number of hydrogen-bond acceptors (Lipinski definition) is 6. The topological polar surface area (TPSA) is 48.1 Å². The van der Waals surface area contributed by atoms with Crippen molar-refractivity contribution in [2.75, 3.05) is 57.3 Å². The predicted octanol–water partition coefficient (Wildman–Crippen LogP) is 2.44. The van der Waals surface area contributed by atoms with Gasteiger partial charge in [0.2, 0.25) is 0 Å². The number of nitrogens with one attached hydrogen (secondary N) is 1. The fourth-order valence-corrected chi connectivity index (χ4v) is 3.83. The molecule has 150 valence electrons. The molecule has 0 saturated carbocycles. The maximum absolute atomic E-state index is 12.2. The van der Waals surface area contributed by atoms with Gasteiger partial charge in [0.1, 0.15) is 5.60 Å². The first-order chi connectivity index (χ1) is 12.8. The van der Waals surface area contributed by atoms with Crippen molar-refractivity contribution >= 4 is 24.4 Å². The zero-order chi connectivity index (χ0) is 19.4. The maximum Gasteiger partial charge on any atom is 0.410 e. The highest BCUT2D eigenvalue weighted by molar-refractivity contribution is 7.80. The average Bonchev–Trinajstić information content (AvgIpc) is 2.61. The van der Waals surface area contributed by atoms with E-state index in [0.29, 0.717) is 13.1 Å². The van der Waals surface area contributed by atoms with Gasteiger partial charge in [-0.25, -0.2) is 4.79 Å². The van der Waals surface area contributed by atoms with Gasteiger partial charge in [0.25, 0.3) is 0 Å². The van der Waals surface area contributed by atoms with E-state index in [2.05, 4.69) is 45.9 Å².